The molecule has 0 atom stereocenters. The van der Waals surface area contributed by atoms with Gasteiger partial charge in [-0.05, 0) is 30.7 Å². The van der Waals surface area contributed by atoms with Gasteiger partial charge < -0.3 is 4.74 Å². The van der Waals surface area contributed by atoms with E-state index in [1.54, 1.807) is 0 Å². The van der Waals surface area contributed by atoms with Crippen molar-refractivity contribution in [1.29, 1.82) is 0 Å². The molecule has 0 aliphatic rings. The zero-order valence-electron chi connectivity index (χ0n) is 11.8. The third-order valence-corrected chi connectivity index (χ3v) is 5.32. The van der Waals surface area contributed by atoms with E-state index in [-0.39, 0.29) is 17.9 Å². The summed E-state index contributed by atoms with van der Waals surface area (Å²) in [4.78, 5) is -0.276. The first kappa shape index (κ1) is 19.7. The molecule has 0 aliphatic heterocycles. The van der Waals surface area contributed by atoms with Crippen LogP contribution in [0, 0.1) is 0 Å². The topological polar surface area (TPSA) is 101 Å². The maximum absolute atomic E-state index is 12.1. The lowest BCUT2D eigenvalue weighted by molar-refractivity contribution is -0.274. The molecule has 0 saturated carbocycles. The van der Waals surface area contributed by atoms with Crippen LogP contribution in [0.5, 0.6) is 5.75 Å². The number of nitrogens with zero attached hydrogens (tertiary/aromatic N) is 1. The Morgan fingerprint density at radius 1 is 1.13 bits per heavy atom. The van der Waals surface area contributed by atoms with Crippen molar-refractivity contribution < 1.29 is 39.3 Å². The number of hydrogen-bond acceptors (Lipinski definition) is 5. The van der Waals surface area contributed by atoms with Gasteiger partial charge in [0.05, 0.1) is 10.6 Å². The van der Waals surface area contributed by atoms with E-state index < -0.39 is 38.0 Å². The van der Waals surface area contributed by atoms with Gasteiger partial charge in [0.25, 0.3) is 10.1 Å². The van der Waals surface area contributed by atoms with Gasteiger partial charge in [0, 0.05) is 13.6 Å². The molecule has 0 saturated heterocycles. The van der Waals surface area contributed by atoms with E-state index in [0.717, 1.165) is 28.6 Å². The molecule has 1 aromatic rings. The quantitative estimate of drug-likeness (QED) is 0.723. The lowest BCUT2D eigenvalue weighted by atomic mass is 10.3. The predicted octanol–water partition coefficient (Wildman–Crippen LogP) is 1.48. The zero-order valence-corrected chi connectivity index (χ0v) is 13.4. The molecule has 23 heavy (non-hydrogen) atoms. The molecule has 1 N–H and O–H groups in total. The number of sulfonamides is 1. The highest BCUT2D eigenvalue weighted by atomic mass is 32.2. The van der Waals surface area contributed by atoms with Gasteiger partial charge in [0.1, 0.15) is 5.75 Å². The second-order valence-electron chi connectivity index (χ2n) is 4.49. The van der Waals surface area contributed by atoms with E-state index in [1.165, 1.54) is 7.05 Å². The zero-order chi connectivity index (χ0) is 17.9. The van der Waals surface area contributed by atoms with Crippen LogP contribution in [-0.2, 0) is 20.1 Å². The number of rotatable bonds is 7. The molecule has 7 nitrogen and oxygen atoms in total. The van der Waals surface area contributed by atoms with Crippen LogP contribution >= 0.6 is 0 Å². The second-order valence-corrected chi connectivity index (χ2v) is 8.10. The van der Waals surface area contributed by atoms with E-state index in [2.05, 4.69) is 4.74 Å². The summed E-state index contributed by atoms with van der Waals surface area (Å²) in [5.41, 5.74) is 0. The number of alkyl halides is 3. The number of hydrogen-bond donors (Lipinski definition) is 1. The average molecular weight is 377 g/mol. The molecular formula is C11H14F3NO6S2. The number of benzene rings is 1. The smallest absolute Gasteiger partial charge is 0.406 e. The van der Waals surface area contributed by atoms with E-state index in [4.69, 9.17) is 4.55 Å². The van der Waals surface area contributed by atoms with Crippen molar-refractivity contribution in [3.05, 3.63) is 24.3 Å². The Kier molecular flexibility index (Phi) is 6.01. The fraction of sp³-hybridized carbons (Fsp3) is 0.455. The Morgan fingerprint density at radius 2 is 1.65 bits per heavy atom. The van der Waals surface area contributed by atoms with Gasteiger partial charge in [-0.1, -0.05) is 0 Å². The molecule has 12 heteroatoms. The van der Waals surface area contributed by atoms with Crippen molar-refractivity contribution in [2.75, 3.05) is 19.3 Å². The lowest BCUT2D eigenvalue weighted by Crippen LogP contribution is -2.29. The highest BCUT2D eigenvalue weighted by Crippen LogP contribution is 2.24. The molecule has 0 unspecified atom stereocenters. The summed E-state index contributed by atoms with van der Waals surface area (Å²) >= 11 is 0. The number of ether oxygens (including phenoxy) is 1. The minimum absolute atomic E-state index is 0.135. The van der Waals surface area contributed by atoms with Crippen LogP contribution < -0.4 is 4.74 Å². The normalized spacial score (nSPS) is 13.3. The molecule has 0 fully saturated rings. The third-order valence-electron chi connectivity index (χ3n) is 2.64. The maximum atomic E-state index is 12.1. The van der Waals surface area contributed by atoms with Gasteiger partial charge in [-0.15, -0.1) is 13.2 Å². The fourth-order valence-corrected chi connectivity index (χ4v) is 3.29. The van der Waals surface area contributed by atoms with Crippen LogP contribution in [0.3, 0.4) is 0 Å². The summed E-state index contributed by atoms with van der Waals surface area (Å²) in [6.07, 6.45) is -5.02. The summed E-state index contributed by atoms with van der Waals surface area (Å²) in [7, 11) is -7.01. The van der Waals surface area contributed by atoms with Gasteiger partial charge in [-0.3, -0.25) is 4.55 Å². The van der Waals surface area contributed by atoms with E-state index in [0.29, 0.717) is 0 Å². The molecule has 1 aromatic carbocycles. The summed E-state index contributed by atoms with van der Waals surface area (Å²) in [6, 6.07) is 3.59. The Hall–Kier alpha value is -1.37. The van der Waals surface area contributed by atoms with Crippen molar-refractivity contribution in [3.63, 3.8) is 0 Å². The molecule has 1 rings (SSSR count). The summed E-state index contributed by atoms with van der Waals surface area (Å²) in [5.74, 6) is -1.17. The van der Waals surface area contributed by atoms with Gasteiger partial charge in [0.2, 0.25) is 10.0 Å². The monoisotopic (exact) mass is 377 g/mol. The molecule has 0 aromatic heterocycles. The minimum Gasteiger partial charge on any atom is -0.406 e. The van der Waals surface area contributed by atoms with Crippen molar-refractivity contribution in [3.8, 4) is 5.75 Å². The third kappa shape index (κ3) is 6.72. The van der Waals surface area contributed by atoms with Crippen molar-refractivity contribution in [1.82, 2.24) is 4.31 Å². The van der Waals surface area contributed by atoms with Gasteiger partial charge in [-0.25, -0.2) is 12.7 Å². The summed E-state index contributed by atoms with van der Waals surface area (Å²) < 4.78 is 94.5. The van der Waals surface area contributed by atoms with Gasteiger partial charge in [0.15, 0.2) is 0 Å². The molecule has 0 amide bonds. The maximum Gasteiger partial charge on any atom is 0.573 e. The molecule has 0 spiro atoms. The molecule has 0 bridgehead atoms. The first-order valence-electron chi connectivity index (χ1n) is 6.08. The molecule has 0 heterocycles. The average Bonchev–Trinajstić information content (AvgIpc) is 2.35. The van der Waals surface area contributed by atoms with E-state index >= 15 is 0 Å². The van der Waals surface area contributed by atoms with Crippen molar-refractivity contribution >= 4 is 20.1 Å². The fourth-order valence-electron chi connectivity index (χ4n) is 1.58. The molecular weight excluding hydrogens is 363 g/mol. The molecule has 132 valence electrons. The Balaban J connectivity index is 2.79. The first-order valence-corrected chi connectivity index (χ1v) is 9.13. The van der Waals surface area contributed by atoms with Crippen molar-refractivity contribution in [2.45, 2.75) is 17.7 Å². The van der Waals surface area contributed by atoms with E-state index in [1.807, 2.05) is 0 Å². The highest BCUT2D eigenvalue weighted by molar-refractivity contribution is 7.89. The van der Waals surface area contributed by atoms with Gasteiger partial charge in [-0.2, -0.15) is 8.42 Å². The summed E-state index contributed by atoms with van der Waals surface area (Å²) in [6.45, 7) is -0.192. The van der Waals surface area contributed by atoms with Crippen LogP contribution in [0.25, 0.3) is 0 Å². The first-order chi connectivity index (χ1) is 10.3. The standard InChI is InChI=1S/C11H14F3NO6S2/c1-15(7-2-8-22(16,17)18)23(19,20)10-5-3-9(4-6-10)21-11(12,13)14/h3-6H,2,7-8H2,1H3,(H,16,17,18). The molecule has 0 aliphatic carbocycles. The van der Waals surface area contributed by atoms with Crippen LogP contribution in [0.4, 0.5) is 13.2 Å². The van der Waals surface area contributed by atoms with Crippen LogP contribution in [0.1, 0.15) is 6.42 Å². The Labute approximate surface area is 131 Å². The van der Waals surface area contributed by atoms with Crippen molar-refractivity contribution in [2.24, 2.45) is 0 Å². The lowest BCUT2D eigenvalue weighted by Gasteiger charge is -2.17. The highest BCUT2D eigenvalue weighted by Gasteiger charge is 2.31. The Bertz CT molecular complexity index is 728. The van der Waals surface area contributed by atoms with Crippen LogP contribution in [-0.4, -0.2) is 51.4 Å². The molecule has 0 radical (unpaired) electrons. The van der Waals surface area contributed by atoms with Gasteiger partial charge >= 0.3 is 6.36 Å². The van der Waals surface area contributed by atoms with Crippen LogP contribution in [0.15, 0.2) is 29.2 Å². The minimum atomic E-state index is -4.88. The van der Waals surface area contributed by atoms with Crippen LogP contribution in [0.2, 0.25) is 0 Å². The van der Waals surface area contributed by atoms with E-state index in [9.17, 15) is 30.0 Å². The second kappa shape index (κ2) is 7.03. The summed E-state index contributed by atoms with van der Waals surface area (Å²) in [5, 5.41) is 0. The SMILES string of the molecule is CN(CCCS(=O)(=O)O)S(=O)(=O)c1ccc(OC(F)(F)F)cc1. The number of halogens is 3. The Morgan fingerprint density at radius 3 is 2.09 bits per heavy atom. The predicted molar refractivity (Wildman–Crippen MR) is 74.0 cm³/mol. The largest absolute Gasteiger partial charge is 0.573 e.